The van der Waals surface area contributed by atoms with Gasteiger partial charge in [0.25, 0.3) is 0 Å². The number of halogens is 6. The van der Waals surface area contributed by atoms with Gasteiger partial charge in [0.1, 0.15) is 0 Å². The lowest BCUT2D eigenvalue weighted by Gasteiger charge is -2.31. The van der Waals surface area contributed by atoms with Gasteiger partial charge in [0.05, 0.1) is 55.1 Å². The molecule has 0 unspecified atom stereocenters. The Bertz CT molecular complexity index is 3620. The van der Waals surface area contributed by atoms with Crippen LogP contribution in [-0.4, -0.2) is 96.6 Å². The van der Waals surface area contributed by atoms with Gasteiger partial charge in [0.15, 0.2) is 0 Å². The van der Waals surface area contributed by atoms with Gasteiger partial charge in [-0.1, -0.05) is 60.7 Å². The Morgan fingerprint density at radius 2 is 0.750 bits per heavy atom. The van der Waals surface area contributed by atoms with Gasteiger partial charge in [0, 0.05) is 61.8 Å². The quantitative estimate of drug-likeness (QED) is 0.123. The zero-order chi connectivity index (χ0) is 54.0. The van der Waals surface area contributed by atoms with Crippen molar-refractivity contribution in [3.63, 3.8) is 0 Å². The second-order valence-electron chi connectivity index (χ2n) is 18.6. The first kappa shape index (κ1) is 53.7. The van der Waals surface area contributed by atoms with E-state index in [1.165, 1.54) is 32.9 Å². The number of alkyl halides is 6. The van der Waals surface area contributed by atoms with Crippen molar-refractivity contribution in [1.29, 1.82) is 0 Å². The minimum Gasteiger partial charge on any atom is -0.304 e. The third kappa shape index (κ3) is 12.2. The van der Waals surface area contributed by atoms with Gasteiger partial charge in [-0.05, 0) is 153 Å². The number of hydrogen-bond donors (Lipinski definition) is 0. The number of aromatic nitrogens is 4. The van der Waals surface area contributed by atoms with Crippen LogP contribution in [0.4, 0.5) is 26.3 Å². The predicted octanol–water partition coefficient (Wildman–Crippen LogP) is 12.3. The van der Waals surface area contributed by atoms with Crippen LogP contribution in [0.15, 0.2) is 168 Å². The molecule has 4 aromatic heterocycles. The predicted molar refractivity (Wildman–Crippen MR) is 280 cm³/mol. The molecule has 0 aliphatic carbocycles. The second-order valence-corrected chi connectivity index (χ2v) is 22.5. The Hall–Kier alpha value is -7.16. The van der Waals surface area contributed by atoms with E-state index in [0.717, 1.165) is 48.2 Å². The Labute approximate surface area is 437 Å². The minimum atomic E-state index is -4.40. The van der Waals surface area contributed by atoms with Gasteiger partial charge in [-0.3, -0.25) is 9.97 Å². The topological polar surface area (TPSA) is 130 Å². The van der Waals surface area contributed by atoms with Gasteiger partial charge >= 0.3 is 12.4 Å². The zero-order valence-electron chi connectivity index (χ0n) is 41.5. The third-order valence-electron chi connectivity index (χ3n) is 13.1. The highest BCUT2D eigenvalue weighted by atomic mass is 32.2. The normalized spacial score (nSPS) is 15.1. The Morgan fingerprint density at radius 3 is 1.14 bits per heavy atom. The van der Waals surface area contributed by atoms with Crippen LogP contribution >= 0.6 is 0 Å². The van der Waals surface area contributed by atoms with E-state index in [1.54, 1.807) is 72.8 Å². The molecular formula is C57H51F6N7O4S2. The van der Waals surface area contributed by atoms with Gasteiger partial charge in [-0.2, -0.15) is 35.0 Å². The maximum Gasteiger partial charge on any atom is 0.416 e. The molecule has 0 saturated carbocycles. The van der Waals surface area contributed by atoms with Crippen molar-refractivity contribution < 1.29 is 43.2 Å². The Kier molecular flexibility index (Phi) is 15.4. The lowest BCUT2D eigenvalue weighted by Crippen LogP contribution is -2.47. The van der Waals surface area contributed by atoms with Crippen LogP contribution in [0.3, 0.4) is 0 Å². The molecule has 2 fully saturated rings. The van der Waals surface area contributed by atoms with Gasteiger partial charge in [-0.25, -0.2) is 26.8 Å². The van der Waals surface area contributed by atoms with Gasteiger partial charge in [0.2, 0.25) is 20.0 Å². The van der Waals surface area contributed by atoms with E-state index in [9.17, 15) is 43.2 Å². The maximum atomic E-state index is 13.3. The molecule has 0 radical (unpaired) electrons. The fourth-order valence-electron chi connectivity index (χ4n) is 9.00. The number of sulfonamides is 2. The van der Waals surface area contributed by atoms with Crippen LogP contribution in [0.25, 0.3) is 67.5 Å². The van der Waals surface area contributed by atoms with Gasteiger partial charge in [-0.15, -0.1) is 0 Å². The summed E-state index contributed by atoms with van der Waals surface area (Å²) < 4.78 is 133. The van der Waals surface area contributed by atoms with Crippen LogP contribution < -0.4 is 0 Å². The molecule has 8 aromatic rings. The fraction of sp³-hybridized carbons (Fsp3) is 0.228. The molecule has 0 spiro atoms. The smallest absolute Gasteiger partial charge is 0.304 e. The highest BCUT2D eigenvalue weighted by molar-refractivity contribution is 7.89. The molecule has 19 heteroatoms. The molecule has 11 nitrogen and oxygen atoms in total. The van der Waals surface area contributed by atoms with E-state index in [1.807, 2.05) is 57.3 Å². The summed E-state index contributed by atoms with van der Waals surface area (Å²) in [5.41, 5.74) is 7.45. The van der Waals surface area contributed by atoms with Crippen molar-refractivity contribution in [2.24, 2.45) is 0 Å². The summed E-state index contributed by atoms with van der Waals surface area (Å²) in [5, 5.41) is 0. The van der Waals surface area contributed by atoms with Crippen molar-refractivity contribution in [2.45, 2.75) is 48.8 Å². The van der Waals surface area contributed by atoms with Crippen molar-refractivity contribution in [2.75, 3.05) is 46.3 Å². The molecule has 0 bridgehead atoms. The molecule has 0 amide bonds. The third-order valence-corrected chi connectivity index (χ3v) is 16.9. The molecule has 76 heavy (non-hydrogen) atoms. The number of aryl methyl sites for hydroxylation is 2. The molecule has 0 atom stereocenters. The first-order chi connectivity index (χ1) is 36.1. The summed E-state index contributed by atoms with van der Waals surface area (Å²) in [4.78, 5) is 21.2. The van der Waals surface area contributed by atoms with Crippen LogP contribution in [0, 0.1) is 13.8 Å². The second kappa shape index (κ2) is 21.8. The average molecular weight is 1080 g/mol. The molecule has 0 N–H and O–H groups in total. The number of hydrogen-bond acceptors (Lipinski definition) is 9. The first-order valence-electron chi connectivity index (χ1n) is 24.3. The van der Waals surface area contributed by atoms with E-state index >= 15 is 0 Å². The molecule has 6 heterocycles. The summed E-state index contributed by atoms with van der Waals surface area (Å²) in [7, 11) is -5.23. The van der Waals surface area contributed by atoms with E-state index in [4.69, 9.17) is 9.97 Å². The number of likely N-dealkylation sites (N-methyl/N-ethyl adjacent to an activating group) is 1. The molecular weight excluding hydrogens is 1020 g/mol. The van der Waals surface area contributed by atoms with E-state index in [-0.39, 0.29) is 9.79 Å². The lowest BCUT2D eigenvalue weighted by molar-refractivity contribution is -0.138. The van der Waals surface area contributed by atoms with E-state index < -0.39 is 43.5 Å². The zero-order valence-corrected chi connectivity index (χ0v) is 43.1. The summed E-state index contributed by atoms with van der Waals surface area (Å²) in [5.74, 6) is 0. The largest absolute Gasteiger partial charge is 0.416 e. The lowest BCUT2D eigenvalue weighted by atomic mass is 10.0. The number of pyridine rings is 4. The molecule has 2 aliphatic heterocycles. The number of benzene rings is 4. The Morgan fingerprint density at radius 1 is 0.382 bits per heavy atom. The summed E-state index contributed by atoms with van der Waals surface area (Å²) in [6, 6.07) is 41.6. The van der Waals surface area contributed by atoms with Crippen molar-refractivity contribution >= 4 is 20.0 Å². The standard InChI is InChI=1S/C29H27F3N4O2S.C28H24F3N3O2S/c1-20-17-23(21-9-11-24(12-10-21)29(30,31)32)19-28(33-20)27-8-4-7-26(34-27)22-5-3-6-25(18-22)39(37,38)36-15-13-35(2)14-16-36;1-19-16-22(20-10-12-23(13-11-20)28(29,30)31)18-27(32-19)26-9-5-8-25(33-26)21-6-4-7-24(17-21)37(35,36)34-14-2-3-15-34/h3-12,17-19H,13-16H2,1-2H3;4-13,16-18H,2-3,14-15H2,1H3. The maximum absolute atomic E-state index is 13.3. The number of piperazine rings is 1. The highest BCUT2D eigenvalue weighted by Gasteiger charge is 2.32. The first-order valence-corrected chi connectivity index (χ1v) is 27.2. The number of rotatable bonds is 10. The van der Waals surface area contributed by atoms with Crippen molar-refractivity contribution in [3.05, 3.63) is 180 Å². The molecule has 2 saturated heterocycles. The van der Waals surface area contributed by atoms with E-state index in [2.05, 4.69) is 14.9 Å². The minimum absolute atomic E-state index is 0.218. The summed E-state index contributed by atoms with van der Waals surface area (Å²) >= 11 is 0. The van der Waals surface area contributed by atoms with Crippen LogP contribution in [0.5, 0.6) is 0 Å². The number of nitrogens with zero attached hydrogens (tertiary/aromatic N) is 7. The molecule has 2 aliphatic rings. The van der Waals surface area contributed by atoms with Crippen molar-refractivity contribution in [1.82, 2.24) is 33.4 Å². The van der Waals surface area contributed by atoms with Crippen molar-refractivity contribution in [3.8, 4) is 67.5 Å². The van der Waals surface area contributed by atoms with Crippen LogP contribution in [0.2, 0.25) is 0 Å². The molecule has 392 valence electrons. The SMILES string of the molecule is Cc1cc(-c2ccc(C(F)(F)F)cc2)cc(-c2cccc(-c3cccc(S(=O)(=O)N4CCCC4)c3)n2)n1.Cc1cc(-c2ccc(C(F)(F)F)cc2)cc(-c2cccc(-c3cccc(S(=O)(=O)N4CCN(C)CC4)c3)n2)n1. The fourth-order valence-corrected chi connectivity index (χ4v) is 12.0. The van der Waals surface area contributed by atoms with Crippen LogP contribution in [-0.2, 0) is 32.4 Å². The summed E-state index contributed by atoms with van der Waals surface area (Å²) in [6.45, 7) is 6.93. The average Bonchev–Trinajstić information content (AvgIpc) is 4.00. The molecule has 4 aromatic carbocycles. The Balaban J connectivity index is 0.000000186. The molecule has 10 rings (SSSR count). The summed E-state index contributed by atoms with van der Waals surface area (Å²) in [6.07, 6.45) is -7.07. The monoisotopic (exact) mass is 1080 g/mol. The van der Waals surface area contributed by atoms with Gasteiger partial charge < -0.3 is 4.90 Å². The van der Waals surface area contributed by atoms with Crippen LogP contribution in [0.1, 0.15) is 35.4 Å². The van der Waals surface area contributed by atoms with E-state index in [0.29, 0.717) is 107 Å². The highest BCUT2D eigenvalue weighted by Crippen LogP contribution is 2.35.